The van der Waals surface area contributed by atoms with Gasteiger partial charge in [0.25, 0.3) is 5.91 Å². The number of carboxylic acids is 1. The van der Waals surface area contributed by atoms with Gasteiger partial charge < -0.3 is 15.0 Å². The van der Waals surface area contributed by atoms with E-state index in [-0.39, 0.29) is 22.0 Å². The summed E-state index contributed by atoms with van der Waals surface area (Å²) in [7, 11) is 0. The first-order valence-electron chi connectivity index (χ1n) is 11.3. The van der Waals surface area contributed by atoms with Crippen molar-refractivity contribution in [2.24, 2.45) is 0 Å². The van der Waals surface area contributed by atoms with E-state index in [2.05, 4.69) is 5.32 Å². The molecule has 1 heterocycles. The Morgan fingerprint density at radius 3 is 2.16 bits per heavy atom. The molecule has 0 saturated heterocycles. The van der Waals surface area contributed by atoms with Gasteiger partial charge in [-0.25, -0.2) is 4.79 Å². The van der Waals surface area contributed by atoms with Crippen molar-refractivity contribution in [3.05, 3.63) is 106 Å². The highest BCUT2D eigenvalue weighted by Crippen LogP contribution is 2.40. The van der Waals surface area contributed by atoms with Gasteiger partial charge in [0, 0.05) is 17.4 Å². The number of para-hydroxylation sites is 1. The molecule has 0 saturated carbocycles. The lowest BCUT2D eigenvalue weighted by Crippen LogP contribution is -2.31. The monoisotopic (exact) mass is 534 g/mol. The number of carbonyl (C=O) groups excluding carboxylic acids is 1. The van der Waals surface area contributed by atoms with E-state index in [1.54, 1.807) is 0 Å². The van der Waals surface area contributed by atoms with Gasteiger partial charge in [0.1, 0.15) is 5.69 Å². The van der Waals surface area contributed by atoms with Gasteiger partial charge in [-0.2, -0.15) is 26.3 Å². The highest BCUT2D eigenvalue weighted by atomic mass is 19.4. The highest BCUT2D eigenvalue weighted by molar-refractivity contribution is 6.02. The summed E-state index contributed by atoms with van der Waals surface area (Å²) in [5, 5.41) is 11.3. The minimum atomic E-state index is -4.95. The van der Waals surface area contributed by atoms with Crippen molar-refractivity contribution in [3.8, 4) is 0 Å². The number of nitrogens with one attached hydrogen (secondary N) is 1. The van der Waals surface area contributed by atoms with E-state index in [0.29, 0.717) is 5.56 Å². The third-order valence-corrected chi connectivity index (χ3v) is 6.07. The molecule has 198 valence electrons. The summed E-state index contributed by atoms with van der Waals surface area (Å²) in [5.41, 5.74) is -2.39. The van der Waals surface area contributed by atoms with E-state index in [9.17, 15) is 35.9 Å². The lowest BCUT2D eigenvalue weighted by molar-refractivity contribution is -0.138. The molecule has 4 rings (SSSR count). The van der Waals surface area contributed by atoms with Crippen LogP contribution in [0.15, 0.2) is 72.8 Å². The number of aromatic carboxylic acids is 1. The van der Waals surface area contributed by atoms with Crippen LogP contribution in [-0.4, -0.2) is 21.6 Å². The lowest BCUT2D eigenvalue weighted by atomic mass is 10.1. The first-order chi connectivity index (χ1) is 17.8. The highest BCUT2D eigenvalue weighted by Gasteiger charge is 2.41. The molecular formula is C27H20F6N2O3. The van der Waals surface area contributed by atoms with Gasteiger partial charge in [-0.15, -0.1) is 0 Å². The zero-order valence-electron chi connectivity index (χ0n) is 19.7. The van der Waals surface area contributed by atoms with Crippen LogP contribution in [0.1, 0.15) is 56.1 Å². The van der Waals surface area contributed by atoms with Crippen molar-refractivity contribution in [2.45, 2.75) is 31.9 Å². The summed E-state index contributed by atoms with van der Waals surface area (Å²) in [6.07, 6.45) is -9.60. The molecule has 0 aliphatic rings. The molecule has 0 aliphatic carbocycles. The fourth-order valence-corrected chi connectivity index (χ4v) is 4.28. The van der Waals surface area contributed by atoms with Crippen molar-refractivity contribution in [1.29, 1.82) is 0 Å². The second kappa shape index (κ2) is 9.88. The summed E-state index contributed by atoms with van der Waals surface area (Å²) in [5.74, 6) is -2.25. The summed E-state index contributed by atoms with van der Waals surface area (Å²) >= 11 is 0. The SMILES string of the molecule is C[C@H](NC(=O)c1c(C(F)(F)F)c2ccccc2n1Cc1cccc(C(F)(F)F)c1)c1ccc(C(=O)O)cc1. The molecule has 1 amide bonds. The Morgan fingerprint density at radius 1 is 0.895 bits per heavy atom. The van der Waals surface area contributed by atoms with E-state index in [0.717, 1.165) is 22.8 Å². The van der Waals surface area contributed by atoms with Crippen LogP contribution in [0.4, 0.5) is 26.3 Å². The zero-order valence-corrected chi connectivity index (χ0v) is 19.7. The van der Waals surface area contributed by atoms with Crippen LogP contribution in [0.2, 0.25) is 0 Å². The quantitative estimate of drug-likeness (QED) is 0.264. The molecule has 5 nitrogen and oxygen atoms in total. The van der Waals surface area contributed by atoms with Crippen molar-refractivity contribution in [1.82, 2.24) is 9.88 Å². The Bertz CT molecular complexity index is 1500. The number of carbonyl (C=O) groups is 2. The predicted octanol–water partition coefficient (Wildman–Crippen LogP) is 6.92. The van der Waals surface area contributed by atoms with Gasteiger partial charge in [0.05, 0.1) is 22.7 Å². The zero-order chi connectivity index (χ0) is 27.8. The van der Waals surface area contributed by atoms with Gasteiger partial charge in [-0.3, -0.25) is 4.79 Å². The summed E-state index contributed by atoms with van der Waals surface area (Å²) < 4.78 is 83.7. The van der Waals surface area contributed by atoms with Gasteiger partial charge in [0.15, 0.2) is 0 Å². The van der Waals surface area contributed by atoms with Crippen LogP contribution in [0.5, 0.6) is 0 Å². The summed E-state index contributed by atoms with van der Waals surface area (Å²) in [4.78, 5) is 24.5. The Labute approximate surface area is 212 Å². The van der Waals surface area contributed by atoms with E-state index in [1.165, 1.54) is 61.5 Å². The third-order valence-electron chi connectivity index (χ3n) is 6.07. The molecule has 4 aromatic rings. The minimum absolute atomic E-state index is 0.00662. The second-order valence-corrected chi connectivity index (χ2v) is 8.65. The average Bonchev–Trinajstić information content (AvgIpc) is 3.18. The molecule has 0 bridgehead atoms. The molecule has 0 radical (unpaired) electrons. The maximum atomic E-state index is 14.3. The number of fused-ring (bicyclic) bond motifs is 1. The van der Waals surface area contributed by atoms with Crippen LogP contribution in [-0.2, 0) is 18.9 Å². The topological polar surface area (TPSA) is 71.3 Å². The first kappa shape index (κ1) is 26.8. The molecule has 11 heteroatoms. The average molecular weight is 534 g/mol. The number of halogens is 6. The molecule has 38 heavy (non-hydrogen) atoms. The molecule has 1 aromatic heterocycles. The van der Waals surface area contributed by atoms with Crippen molar-refractivity contribution in [3.63, 3.8) is 0 Å². The molecule has 3 aromatic carbocycles. The second-order valence-electron chi connectivity index (χ2n) is 8.65. The Kier molecular flexibility index (Phi) is 6.96. The molecule has 1 atom stereocenters. The minimum Gasteiger partial charge on any atom is -0.478 e. The predicted molar refractivity (Wildman–Crippen MR) is 127 cm³/mol. The number of aromatic nitrogens is 1. The fraction of sp³-hybridized carbons (Fsp3) is 0.185. The van der Waals surface area contributed by atoms with Crippen LogP contribution in [0, 0.1) is 0 Å². The first-order valence-corrected chi connectivity index (χ1v) is 11.3. The van der Waals surface area contributed by atoms with Crippen LogP contribution >= 0.6 is 0 Å². The maximum Gasteiger partial charge on any atom is 0.419 e. The van der Waals surface area contributed by atoms with Crippen LogP contribution in [0.25, 0.3) is 10.9 Å². The number of rotatable bonds is 6. The number of hydrogen-bond donors (Lipinski definition) is 2. The summed E-state index contributed by atoms with van der Waals surface area (Å²) in [6.45, 7) is 1.09. The Balaban J connectivity index is 1.80. The normalized spacial score (nSPS) is 12.9. The number of nitrogens with zero attached hydrogens (tertiary/aromatic N) is 1. The summed E-state index contributed by atoms with van der Waals surface area (Å²) in [6, 6.07) is 14.2. The standard InChI is InChI=1S/C27H20F6N2O3/c1-15(17-9-11-18(12-10-17)25(37)38)34-24(36)23-22(27(31,32)33)20-7-2-3-8-21(20)35(23)14-16-5-4-6-19(13-16)26(28,29)30/h2-13,15H,14H2,1H3,(H,34,36)(H,37,38)/t15-/m0/s1. The van der Waals surface area contributed by atoms with Crippen molar-refractivity contribution < 1.29 is 41.0 Å². The maximum absolute atomic E-state index is 14.3. The molecule has 0 fully saturated rings. The molecule has 0 unspecified atom stereocenters. The van der Waals surface area contributed by atoms with Gasteiger partial charge in [0.2, 0.25) is 0 Å². The largest absolute Gasteiger partial charge is 0.478 e. The number of alkyl halides is 6. The van der Waals surface area contributed by atoms with Crippen LogP contribution < -0.4 is 5.32 Å². The van der Waals surface area contributed by atoms with Crippen molar-refractivity contribution >= 4 is 22.8 Å². The number of carboxylic acid groups (broad SMARTS) is 1. The smallest absolute Gasteiger partial charge is 0.419 e. The number of benzene rings is 3. The third kappa shape index (κ3) is 5.36. The molecular weight excluding hydrogens is 514 g/mol. The van der Waals surface area contributed by atoms with Gasteiger partial charge in [-0.1, -0.05) is 42.5 Å². The Morgan fingerprint density at radius 2 is 1.55 bits per heavy atom. The molecule has 2 N–H and O–H groups in total. The van der Waals surface area contributed by atoms with E-state index in [1.807, 2.05) is 0 Å². The number of hydrogen-bond acceptors (Lipinski definition) is 2. The lowest BCUT2D eigenvalue weighted by Gasteiger charge is -2.18. The van der Waals surface area contributed by atoms with Crippen molar-refractivity contribution in [2.75, 3.05) is 0 Å². The molecule has 0 aliphatic heterocycles. The molecule has 0 spiro atoms. The van der Waals surface area contributed by atoms with Gasteiger partial charge >= 0.3 is 18.3 Å². The van der Waals surface area contributed by atoms with Crippen LogP contribution in [0.3, 0.4) is 0 Å². The van der Waals surface area contributed by atoms with E-state index >= 15 is 0 Å². The number of amides is 1. The van der Waals surface area contributed by atoms with Gasteiger partial charge in [-0.05, 0) is 48.4 Å². The van der Waals surface area contributed by atoms with E-state index < -0.39 is 53.6 Å². The fourth-order valence-electron chi connectivity index (χ4n) is 4.28. The van der Waals surface area contributed by atoms with E-state index in [4.69, 9.17) is 5.11 Å². The Hall–Kier alpha value is -4.28.